The average Bonchev–Trinajstić information content (AvgIpc) is 2.76. The number of phenolic OH excluding ortho intramolecular Hbond substituents is 2. The minimum Gasteiger partial charge on any atom is -0.571 e. The average molecular weight is 451 g/mol. The predicted molar refractivity (Wildman–Crippen MR) is 107 cm³/mol. The Hall–Kier alpha value is -3.22. The smallest absolute Gasteiger partial charge is 0.305 e. The van der Waals surface area contributed by atoms with Crippen LogP contribution in [0.4, 0.5) is 0 Å². The van der Waals surface area contributed by atoms with E-state index in [0.717, 1.165) is 0 Å². The van der Waals surface area contributed by atoms with Crippen molar-refractivity contribution < 1.29 is 55.1 Å². The van der Waals surface area contributed by atoms with Gasteiger partial charge in [0, 0.05) is 18.2 Å². The first kappa shape index (κ1) is 22.0. The Bertz CT molecular complexity index is 1020. The van der Waals surface area contributed by atoms with Crippen LogP contribution in [0.5, 0.6) is 11.5 Å². The van der Waals surface area contributed by atoms with Gasteiger partial charge < -0.3 is 55.1 Å². The number of allylic oxidation sites excluding steroid dienone is 2. The fourth-order valence-electron chi connectivity index (χ4n) is 3.67. The van der Waals surface area contributed by atoms with Crippen LogP contribution in [0.1, 0.15) is 5.56 Å². The summed E-state index contributed by atoms with van der Waals surface area (Å²) < 4.78 is 15.0. The minimum atomic E-state index is -1.67. The molecule has 1 aromatic carbocycles. The van der Waals surface area contributed by atoms with Gasteiger partial charge in [0.15, 0.2) is 23.9 Å². The van der Waals surface area contributed by atoms with Crippen LogP contribution in [0, 0.1) is 0 Å². The number of phenols is 2. The summed E-state index contributed by atoms with van der Waals surface area (Å²) in [6, 6.07) is 3.89. The molecule has 2 aliphatic heterocycles. The molecule has 172 valence electrons. The van der Waals surface area contributed by atoms with Crippen LogP contribution in [0.15, 0.2) is 59.3 Å². The van der Waals surface area contributed by atoms with Gasteiger partial charge in [-0.15, -0.1) is 0 Å². The molecule has 0 spiro atoms. The molecule has 4 rings (SSSR count). The van der Waals surface area contributed by atoms with E-state index in [9.17, 15) is 35.7 Å². The van der Waals surface area contributed by atoms with Gasteiger partial charge in [-0.05, 0) is 12.1 Å². The third-order valence-electron chi connectivity index (χ3n) is 5.38. The molecule has 6 atom stereocenters. The van der Waals surface area contributed by atoms with Crippen molar-refractivity contribution in [3.05, 3.63) is 64.8 Å². The Balaban J connectivity index is 1.58. The van der Waals surface area contributed by atoms with Crippen molar-refractivity contribution in [3.8, 4) is 11.5 Å². The number of aliphatic hydroxyl groups excluding tert-OH is 6. The van der Waals surface area contributed by atoms with Crippen molar-refractivity contribution in [2.75, 3.05) is 6.61 Å². The van der Waals surface area contributed by atoms with Gasteiger partial charge in [-0.1, -0.05) is 0 Å². The predicted octanol–water partition coefficient (Wildman–Crippen LogP) is -0.683. The molecule has 0 bridgehead atoms. The number of benzene rings is 1. The van der Waals surface area contributed by atoms with Gasteiger partial charge in [0.25, 0.3) is 0 Å². The van der Waals surface area contributed by atoms with Crippen molar-refractivity contribution >= 4 is 5.76 Å². The third-order valence-corrected chi connectivity index (χ3v) is 5.38. The van der Waals surface area contributed by atoms with Gasteiger partial charge in [0.05, 0.1) is 23.8 Å². The largest absolute Gasteiger partial charge is 0.571 e. The van der Waals surface area contributed by atoms with E-state index in [1.807, 2.05) is 0 Å². The molecule has 1 fully saturated rings. The van der Waals surface area contributed by atoms with Crippen LogP contribution in [-0.4, -0.2) is 89.0 Å². The summed E-state index contributed by atoms with van der Waals surface area (Å²) >= 11 is 0. The summed E-state index contributed by atoms with van der Waals surface area (Å²) in [5, 5.41) is 79.5. The Morgan fingerprint density at radius 1 is 0.969 bits per heavy atom. The molecule has 1 unspecified atom stereocenters. The van der Waals surface area contributed by atoms with Crippen LogP contribution in [-0.2, 0) is 9.47 Å². The summed E-state index contributed by atoms with van der Waals surface area (Å²) in [4.78, 5) is 0. The molecule has 0 saturated carbocycles. The lowest BCUT2D eigenvalue weighted by molar-refractivity contribution is -0.289. The van der Waals surface area contributed by atoms with Gasteiger partial charge in [-0.25, -0.2) is 0 Å². The molecule has 32 heavy (non-hydrogen) atoms. The lowest BCUT2D eigenvalue weighted by Gasteiger charge is -2.40. The molecule has 11 heteroatoms. The van der Waals surface area contributed by atoms with E-state index < -0.39 is 49.2 Å². The van der Waals surface area contributed by atoms with E-state index in [0.29, 0.717) is 5.56 Å². The van der Waals surface area contributed by atoms with E-state index in [1.165, 1.54) is 36.4 Å². The third kappa shape index (κ3) is 3.87. The molecule has 1 saturated heterocycles. The van der Waals surface area contributed by atoms with Crippen molar-refractivity contribution in [1.29, 1.82) is 0 Å². The SMILES string of the molecule is OC[C@H]1O[C@@H](O)[C@@H](OC2=CC3[OH+]C(c4ccc(O)c(O)c4)=C(O)C=C3C(O)=C2)[C@@H](O)[C@@H]1O. The highest BCUT2D eigenvalue weighted by Gasteiger charge is 2.46. The Labute approximate surface area is 181 Å². The molecular weight excluding hydrogens is 428 g/mol. The highest BCUT2D eigenvalue weighted by atomic mass is 16.7. The van der Waals surface area contributed by atoms with Crippen LogP contribution in [0.3, 0.4) is 0 Å². The molecule has 9 N–H and O–H groups in total. The number of aliphatic hydroxyl groups is 8. The van der Waals surface area contributed by atoms with Crippen LogP contribution < -0.4 is 0 Å². The zero-order chi connectivity index (χ0) is 23.2. The van der Waals surface area contributed by atoms with E-state index in [4.69, 9.17) is 14.6 Å². The molecule has 2 heterocycles. The molecule has 1 aromatic rings. The number of rotatable bonds is 4. The topological polar surface area (TPSA) is 193 Å². The molecule has 0 radical (unpaired) electrons. The molecule has 3 aliphatic rings. The molecule has 0 aromatic heterocycles. The first-order valence-electron chi connectivity index (χ1n) is 9.67. The van der Waals surface area contributed by atoms with Gasteiger partial charge in [0.2, 0.25) is 11.9 Å². The monoisotopic (exact) mass is 451 g/mol. The first-order chi connectivity index (χ1) is 15.2. The van der Waals surface area contributed by atoms with Crippen LogP contribution >= 0.6 is 0 Å². The molecule has 1 aliphatic carbocycles. The van der Waals surface area contributed by atoms with E-state index in [1.54, 1.807) is 0 Å². The summed E-state index contributed by atoms with van der Waals surface area (Å²) in [6.45, 7) is -0.619. The molecule has 11 nitrogen and oxygen atoms in total. The zero-order valence-corrected chi connectivity index (χ0v) is 16.5. The number of fused-ring (bicyclic) bond motifs is 1. The Kier molecular flexibility index (Phi) is 5.75. The summed E-state index contributed by atoms with van der Waals surface area (Å²) in [7, 11) is 0. The second-order valence-corrected chi connectivity index (χ2v) is 7.52. The summed E-state index contributed by atoms with van der Waals surface area (Å²) in [6.07, 6.45) is -4.29. The number of hydrogen-bond donors (Lipinski definition) is 8. The second kappa shape index (κ2) is 8.37. The van der Waals surface area contributed by atoms with E-state index in [-0.39, 0.29) is 34.4 Å². The van der Waals surface area contributed by atoms with Crippen molar-refractivity contribution in [2.45, 2.75) is 36.8 Å². The highest BCUT2D eigenvalue weighted by Crippen LogP contribution is 2.36. The van der Waals surface area contributed by atoms with Crippen molar-refractivity contribution in [3.63, 3.8) is 0 Å². The second-order valence-electron chi connectivity index (χ2n) is 7.52. The molecular formula is C21H23O11+. The number of aromatic hydroxyl groups is 2. The standard InChI is InChI=1S/C21H22O11/c22-7-16-17(27)18(28)20(21(29)32-16)30-9-4-12(24)10-6-14(26)19(31-15(10)5-9)8-1-2-11(23)13(25)3-8/h1-6,15-18,20-29H,7H2/p+1/t15?,16-,17-,18+,20+,21-/m1/s1. The van der Waals surface area contributed by atoms with Gasteiger partial charge in [-0.3, -0.25) is 0 Å². The maximum absolute atomic E-state index is 10.4. The maximum Gasteiger partial charge on any atom is 0.305 e. The Morgan fingerprint density at radius 3 is 2.41 bits per heavy atom. The normalized spacial score (nSPS) is 32.3. The van der Waals surface area contributed by atoms with Crippen LogP contribution in [0.2, 0.25) is 0 Å². The van der Waals surface area contributed by atoms with Gasteiger partial charge in [0.1, 0.15) is 29.8 Å². The minimum absolute atomic E-state index is 0.00374. The van der Waals surface area contributed by atoms with Crippen molar-refractivity contribution in [2.24, 2.45) is 0 Å². The summed E-state index contributed by atoms with van der Waals surface area (Å²) in [5.41, 5.74) is 0.561. The lowest BCUT2D eigenvalue weighted by Crippen LogP contribution is -2.59. The van der Waals surface area contributed by atoms with E-state index >= 15 is 0 Å². The lowest BCUT2D eigenvalue weighted by atomic mass is 9.96. The highest BCUT2D eigenvalue weighted by molar-refractivity contribution is 5.69. The zero-order valence-electron chi connectivity index (χ0n) is 16.5. The van der Waals surface area contributed by atoms with E-state index in [2.05, 4.69) is 4.74 Å². The number of hydrogen-bond acceptors (Lipinski definition) is 10. The summed E-state index contributed by atoms with van der Waals surface area (Å²) in [5.74, 6) is -1.22. The number of ether oxygens (including phenoxy) is 3. The van der Waals surface area contributed by atoms with Gasteiger partial charge >= 0.3 is 5.76 Å². The fourth-order valence-corrected chi connectivity index (χ4v) is 3.67. The van der Waals surface area contributed by atoms with Crippen LogP contribution in [0.25, 0.3) is 5.76 Å². The van der Waals surface area contributed by atoms with Gasteiger partial charge in [-0.2, -0.15) is 0 Å². The first-order valence-corrected chi connectivity index (χ1v) is 9.67. The maximum atomic E-state index is 10.4. The quantitative estimate of drug-likeness (QED) is 0.215. The van der Waals surface area contributed by atoms with Crippen molar-refractivity contribution in [1.82, 2.24) is 0 Å². The fraction of sp³-hybridized carbons (Fsp3) is 0.333. The Morgan fingerprint density at radius 2 is 1.72 bits per heavy atom. The molecule has 0 amide bonds.